The zero-order valence-corrected chi connectivity index (χ0v) is 20.4. The average molecular weight is 474 g/mol. The van der Waals surface area contributed by atoms with Crippen LogP contribution < -0.4 is 4.72 Å². The number of sulfonamides is 1. The minimum absolute atomic E-state index is 0.0651. The minimum atomic E-state index is -3.76. The van der Waals surface area contributed by atoms with Crippen molar-refractivity contribution in [3.63, 3.8) is 0 Å². The Balaban J connectivity index is 1.42. The van der Waals surface area contributed by atoms with E-state index in [1.807, 2.05) is 11.8 Å². The first kappa shape index (κ1) is 24.0. The maximum Gasteiger partial charge on any atom is 0.254 e. The summed E-state index contributed by atoms with van der Waals surface area (Å²) >= 11 is 0. The molecule has 1 atom stereocenters. The number of rotatable bonds is 7. The first-order chi connectivity index (χ1) is 15.8. The van der Waals surface area contributed by atoms with Crippen LogP contribution in [0.1, 0.15) is 54.3 Å². The van der Waals surface area contributed by atoms with Crippen LogP contribution in [-0.4, -0.2) is 56.8 Å². The third-order valence-corrected chi connectivity index (χ3v) is 8.36. The minimum Gasteiger partial charge on any atom is -0.468 e. The molecule has 33 heavy (non-hydrogen) atoms. The van der Waals surface area contributed by atoms with Gasteiger partial charge in [0.05, 0.1) is 17.7 Å². The SMILES string of the molecule is Cc1ccc(S(=O)(=O)NCc2ccco2)cc1C(=O)N1CCCC(CN2CCC(C)CC2)C1. The van der Waals surface area contributed by atoms with Gasteiger partial charge in [0.15, 0.2) is 0 Å². The third kappa shape index (κ3) is 6.05. The Morgan fingerprint density at radius 2 is 1.94 bits per heavy atom. The Bertz CT molecular complexity index is 1040. The number of carbonyl (C=O) groups is 1. The standard InChI is InChI=1S/C25H35N3O4S/c1-19-9-12-27(13-10-19)17-21-5-3-11-28(18-21)25(29)24-15-23(8-7-20(24)2)33(30,31)26-16-22-6-4-14-32-22/h4,6-8,14-15,19,21,26H,3,5,9-13,16-18H2,1-2H3. The highest BCUT2D eigenvalue weighted by Crippen LogP contribution is 2.24. The maximum atomic E-state index is 13.4. The van der Waals surface area contributed by atoms with Crippen molar-refractivity contribution in [3.05, 3.63) is 53.5 Å². The molecule has 1 aromatic heterocycles. The summed E-state index contributed by atoms with van der Waals surface area (Å²) in [4.78, 5) is 18.0. The summed E-state index contributed by atoms with van der Waals surface area (Å²) in [5, 5.41) is 0. The highest BCUT2D eigenvalue weighted by molar-refractivity contribution is 7.89. The molecule has 2 fully saturated rings. The van der Waals surface area contributed by atoms with Crippen LogP contribution in [0.3, 0.4) is 0 Å². The van der Waals surface area contributed by atoms with Crippen molar-refractivity contribution >= 4 is 15.9 Å². The predicted molar refractivity (Wildman–Crippen MR) is 127 cm³/mol. The Morgan fingerprint density at radius 3 is 2.67 bits per heavy atom. The van der Waals surface area contributed by atoms with Gasteiger partial charge in [0, 0.05) is 25.2 Å². The summed E-state index contributed by atoms with van der Waals surface area (Å²) in [5.41, 5.74) is 1.25. The quantitative estimate of drug-likeness (QED) is 0.664. The fourth-order valence-electron chi connectivity index (χ4n) is 4.84. The third-order valence-electron chi connectivity index (χ3n) is 6.97. The van der Waals surface area contributed by atoms with E-state index in [1.165, 1.54) is 25.2 Å². The van der Waals surface area contributed by atoms with E-state index in [9.17, 15) is 13.2 Å². The molecule has 1 N–H and O–H groups in total. The van der Waals surface area contributed by atoms with E-state index in [0.717, 1.165) is 57.0 Å². The van der Waals surface area contributed by atoms with Crippen molar-refractivity contribution in [1.82, 2.24) is 14.5 Å². The number of likely N-dealkylation sites (tertiary alicyclic amines) is 2. The lowest BCUT2D eigenvalue weighted by atomic mass is 9.94. The van der Waals surface area contributed by atoms with Gasteiger partial charge >= 0.3 is 0 Å². The van der Waals surface area contributed by atoms with E-state index in [1.54, 1.807) is 24.3 Å². The molecule has 2 aromatic rings. The second kappa shape index (κ2) is 10.4. The molecule has 7 nitrogen and oxygen atoms in total. The second-order valence-corrected chi connectivity index (χ2v) is 11.4. The molecule has 0 aliphatic carbocycles. The van der Waals surface area contributed by atoms with Crippen molar-refractivity contribution < 1.29 is 17.6 Å². The van der Waals surface area contributed by atoms with Crippen LogP contribution in [0, 0.1) is 18.8 Å². The summed E-state index contributed by atoms with van der Waals surface area (Å²) in [6, 6.07) is 8.20. The molecule has 2 aliphatic rings. The smallest absolute Gasteiger partial charge is 0.254 e. The van der Waals surface area contributed by atoms with Gasteiger partial charge in [0.2, 0.25) is 10.0 Å². The zero-order chi connectivity index (χ0) is 23.4. The Kier molecular flexibility index (Phi) is 7.56. The summed E-state index contributed by atoms with van der Waals surface area (Å²) in [7, 11) is -3.76. The summed E-state index contributed by atoms with van der Waals surface area (Å²) in [5.74, 6) is 1.74. The van der Waals surface area contributed by atoms with Crippen LogP contribution in [0.5, 0.6) is 0 Å². The van der Waals surface area contributed by atoms with Gasteiger partial charge < -0.3 is 14.2 Å². The molecular weight excluding hydrogens is 438 g/mol. The fraction of sp³-hybridized carbons (Fsp3) is 0.560. The van der Waals surface area contributed by atoms with Crippen molar-refractivity contribution in [1.29, 1.82) is 0 Å². The number of hydrogen-bond donors (Lipinski definition) is 1. The topological polar surface area (TPSA) is 82.9 Å². The van der Waals surface area contributed by atoms with Crippen LogP contribution in [-0.2, 0) is 16.6 Å². The molecule has 0 spiro atoms. The molecule has 0 saturated carbocycles. The summed E-state index contributed by atoms with van der Waals surface area (Å²) in [6.07, 6.45) is 6.14. The highest BCUT2D eigenvalue weighted by Gasteiger charge is 2.28. The van der Waals surface area contributed by atoms with Crippen LogP contribution in [0.15, 0.2) is 45.9 Å². The van der Waals surface area contributed by atoms with Crippen molar-refractivity contribution in [3.8, 4) is 0 Å². The monoisotopic (exact) mass is 473 g/mol. The molecular formula is C25H35N3O4S. The largest absolute Gasteiger partial charge is 0.468 e. The van der Waals surface area contributed by atoms with E-state index in [0.29, 0.717) is 17.2 Å². The molecule has 4 rings (SSSR count). The van der Waals surface area contributed by atoms with Crippen LogP contribution >= 0.6 is 0 Å². The molecule has 180 valence electrons. The van der Waals surface area contributed by atoms with Crippen molar-refractivity contribution in [2.24, 2.45) is 11.8 Å². The van der Waals surface area contributed by atoms with Crippen molar-refractivity contribution in [2.75, 3.05) is 32.7 Å². The first-order valence-electron chi connectivity index (χ1n) is 12.0. The molecule has 0 bridgehead atoms. The van der Waals surface area contributed by atoms with Gasteiger partial charge in [0.25, 0.3) is 5.91 Å². The van der Waals surface area contributed by atoms with Gasteiger partial charge in [-0.1, -0.05) is 13.0 Å². The summed E-state index contributed by atoms with van der Waals surface area (Å²) < 4.78 is 33.4. The number of piperidine rings is 2. The number of furan rings is 1. The van der Waals surface area contributed by atoms with E-state index in [4.69, 9.17) is 4.42 Å². The molecule has 1 amide bonds. The lowest BCUT2D eigenvalue weighted by Gasteiger charge is -2.38. The molecule has 1 aromatic carbocycles. The van der Waals surface area contributed by atoms with Crippen molar-refractivity contribution in [2.45, 2.75) is 51.0 Å². The normalized spacial score (nSPS) is 20.8. The summed E-state index contributed by atoms with van der Waals surface area (Å²) in [6.45, 7) is 9.04. The number of aryl methyl sites for hydroxylation is 1. The van der Waals surface area contributed by atoms with Crippen LogP contribution in [0.25, 0.3) is 0 Å². The van der Waals surface area contributed by atoms with Gasteiger partial charge in [-0.25, -0.2) is 13.1 Å². The molecule has 3 heterocycles. The van der Waals surface area contributed by atoms with Gasteiger partial charge in [-0.2, -0.15) is 0 Å². The maximum absolute atomic E-state index is 13.4. The van der Waals surface area contributed by atoms with Gasteiger partial charge in [0.1, 0.15) is 5.76 Å². The number of nitrogens with one attached hydrogen (secondary N) is 1. The van der Waals surface area contributed by atoms with Crippen LogP contribution in [0.2, 0.25) is 0 Å². The van der Waals surface area contributed by atoms with Crippen LogP contribution in [0.4, 0.5) is 0 Å². The number of hydrogen-bond acceptors (Lipinski definition) is 5. The Morgan fingerprint density at radius 1 is 1.15 bits per heavy atom. The lowest BCUT2D eigenvalue weighted by molar-refractivity contribution is 0.0621. The first-order valence-corrected chi connectivity index (χ1v) is 13.4. The van der Waals surface area contributed by atoms with E-state index >= 15 is 0 Å². The van der Waals surface area contributed by atoms with E-state index < -0.39 is 10.0 Å². The van der Waals surface area contributed by atoms with E-state index in [2.05, 4.69) is 16.5 Å². The number of amides is 1. The number of benzene rings is 1. The Hall–Kier alpha value is -2.16. The van der Waals surface area contributed by atoms with E-state index in [-0.39, 0.29) is 17.3 Å². The fourth-order valence-corrected chi connectivity index (χ4v) is 5.86. The second-order valence-electron chi connectivity index (χ2n) is 9.62. The highest BCUT2D eigenvalue weighted by atomic mass is 32.2. The average Bonchev–Trinajstić information content (AvgIpc) is 3.33. The predicted octanol–water partition coefficient (Wildman–Crippen LogP) is 3.65. The van der Waals surface area contributed by atoms with Gasteiger partial charge in [-0.05, 0) is 87.4 Å². The Labute approximate surface area is 197 Å². The van der Waals surface area contributed by atoms with Gasteiger partial charge in [-0.15, -0.1) is 0 Å². The number of nitrogens with zero attached hydrogens (tertiary/aromatic N) is 2. The molecule has 0 radical (unpaired) electrons. The lowest BCUT2D eigenvalue weighted by Crippen LogP contribution is -2.45. The molecule has 8 heteroatoms. The molecule has 2 aliphatic heterocycles. The zero-order valence-electron chi connectivity index (χ0n) is 19.6. The molecule has 1 unspecified atom stereocenters. The molecule has 2 saturated heterocycles. The number of carbonyl (C=O) groups excluding carboxylic acids is 1. The van der Waals surface area contributed by atoms with Gasteiger partial charge in [-0.3, -0.25) is 4.79 Å².